The largest absolute Gasteiger partial charge is 0.327 e. The van der Waals surface area contributed by atoms with Gasteiger partial charge in [-0.1, -0.05) is 19.8 Å². The minimum Gasteiger partial charge on any atom is -0.327 e. The molecule has 0 aromatic heterocycles. The summed E-state index contributed by atoms with van der Waals surface area (Å²) in [5.74, 6) is 2.61. The first-order valence-corrected chi connectivity index (χ1v) is 8.28. The van der Waals surface area contributed by atoms with Gasteiger partial charge in [-0.25, -0.2) is 8.42 Å². The molecule has 1 fully saturated rings. The fourth-order valence-corrected chi connectivity index (χ4v) is 3.83. The zero-order valence-electron chi connectivity index (χ0n) is 11.5. The number of sulfone groups is 1. The van der Waals surface area contributed by atoms with E-state index >= 15 is 0 Å². The van der Waals surface area contributed by atoms with Crippen molar-refractivity contribution in [3.05, 3.63) is 0 Å². The number of amides is 1. The molecule has 0 bridgehead atoms. The van der Waals surface area contributed by atoms with E-state index in [4.69, 9.17) is 12.2 Å². The smallest absolute Gasteiger partial charge is 0.225 e. The Kier molecular flexibility index (Phi) is 5.39. The van der Waals surface area contributed by atoms with E-state index in [9.17, 15) is 13.2 Å². The predicted molar refractivity (Wildman–Crippen MR) is 75.0 cm³/mol. The molecule has 108 valence electrons. The normalized spacial score (nSPS) is 23.0. The molecule has 1 rings (SSSR count). The zero-order valence-corrected chi connectivity index (χ0v) is 12.3. The molecule has 0 spiro atoms. The Hall–Kier alpha value is -1.06. The molecular formula is C13H22N2O3S. The van der Waals surface area contributed by atoms with Gasteiger partial charge >= 0.3 is 0 Å². The van der Waals surface area contributed by atoms with E-state index in [0.717, 1.165) is 0 Å². The molecule has 2 N–H and O–H groups in total. The fourth-order valence-electron chi connectivity index (χ4n) is 2.10. The van der Waals surface area contributed by atoms with Crippen molar-refractivity contribution in [2.24, 2.45) is 11.7 Å². The average Bonchev–Trinajstić information content (AvgIpc) is 2.65. The van der Waals surface area contributed by atoms with E-state index in [-0.39, 0.29) is 48.4 Å². The van der Waals surface area contributed by atoms with Crippen molar-refractivity contribution in [2.45, 2.75) is 38.8 Å². The van der Waals surface area contributed by atoms with E-state index in [0.29, 0.717) is 6.42 Å². The van der Waals surface area contributed by atoms with E-state index in [2.05, 4.69) is 5.92 Å². The van der Waals surface area contributed by atoms with E-state index in [1.165, 1.54) is 4.90 Å². The lowest BCUT2D eigenvalue weighted by molar-refractivity contribution is -0.132. The zero-order chi connectivity index (χ0) is 14.6. The fraction of sp³-hybridized carbons (Fsp3) is 0.769. The first-order valence-electron chi connectivity index (χ1n) is 6.45. The monoisotopic (exact) mass is 286 g/mol. The summed E-state index contributed by atoms with van der Waals surface area (Å²) >= 11 is 0. The maximum Gasteiger partial charge on any atom is 0.225 e. The van der Waals surface area contributed by atoms with E-state index in [1.807, 2.05) is 13.8 Å². The Balaban J connectivity index is 2.73. The van der Waals surface area contributed by atoms with Crippen LogP contribution in [-0.4, -0.2) is 49.4 Å². The van der Waals surface area contributed by atoms with Crippen molar-refractivity contribution in [1.82, 2.24) is 4.90 Å². The third-order valence-electron chi connectivity index (χ3n) is 3.50. The molecule has 0 saturated carbocycles. The van der Waals surface area contributed by atoms with Crippen LogP contribution in [0.1, 0.15) is 26.7 Å². The van der Waals surface area contributed by atoms with Gasteiger partial charge in [-0.15, -0.1) is 6.42 Å². The van der Waals surface area contributed by atoms with Gasteiger partial charge in [0.1, 0.15) is 0 Å². The van der Waals surface area contributed by atoms with Gasteiger partial charge in [-0.3, -0.25) is 4.79 Å². The van der Waals surface area contributed by atoms with Gasteiger partial charge in [0.15, 0.2) is 9.84 Å². The Labute approximate surface area is 115 Å². The quantitative estimate of drug-likeness (QED) is 0.722. The number of nitrogens with two attached hydrogens (primary N) is 1. The van der Waals surface area contributed by atoms with Gasteiger partial charge in [0.05, 0.1) is 18.1 Å². The molecule has 1 heterocycles. The minimum atomic E-state index is -3.03. The van der Waals surface area contributed by atoms with Crippen molar-refractivity contribution in [1.29, 1.82) is 0 Å². The molecule has 5 nitrogen and oxygen atoms in total. The van der Waals surface area contributed by atoms with Crippen LogP contribution < -0.4 is 5.73 Å². The summed E-state index contributed by atoms with van der Waals surface area (Å²) < 4.78 is 23.0. The third-order valence-corrected chi connectivity index (χ3v) is 5.25. The lowest BCUT2D eigenvalue weighted by atomic mass is 10.0. The van der Waals surface area contributed by atoms with Crippen molar-refractivity contribution >= 4 is 15.7 Å². The molecule has 2 atom stereocenters. The van der Waals surface area contributed by atoms with Gasteiger partial charge in [-0.2, -0.15) is 0 Å². The standard InChI is InChI=1S/C13H22N2O3S/c1-4-6-15(11-5-7-19(17,18)9-11)13(16)8-12(14)10(2)3/h1,10-12H,5-9,14H2,2-3H3. The summed E-state index contributed by atoms with van der Waals surface area (Å²) in [5, 5.41) is 0. The molecule has 1 aliphatic heterocycles. The highest BCUT2D eigenvalue weighted by molar-refractivity contribution is 7.91. The number of hydrogen-bond acceptors (Lipinski definition) is 4. The highest BCUT2D eigenvalue weighted by Crippen LogP contribution is 2.19. The molecule has 0 aliphatic carbocycles. The highest BCUT2D eigenvalue weighted by atomic mass is 32.2. The maximum absolute atomic E-state index is 12.2. The van der Waals surface area contributed by atoms with Crippen LogP contribution in [0.3, 0.4) is 0 Å². The molecule has 0 radical (unpaired) electrons. The van der Waals surface area contributed by atoms with E-state index < -0.39 is 9.84 Å². The van der Waals surface area contributed by atoms with Gasteiger partial charge in [0.25, 0.3) is 0 Å². The van der Waals surface area contributed by atoms with Gasteiger partial charge in [-0.05, 0) is 12.3 Å². The van der Waals surface area contributed by atoms with Crippen molar-refractivity contribution < 1.29 is 13.2 Å². The Bertz CT molecular complexity index is 465. The highest BCUT2D eigenvalue weighted by Gasteiger charge is 2.34. The molecule has 1 amide bonds. The van der Waals surface area contributed by atoms with Crippen LogP contribution in [0.15, 0.2) is 0 Å². The third kappa shape index (κ3) is 4.51. The Morgan fingerprint density at radius 2 is 2.16 bits per heavy atom. The number of carbonyl (C=O) groups excluding carboxylic acids is 1. The number of hydrogen-bond donors (Lipinski definition) is 1. The molecule has 6 heteroatoms. The van der Waals surface area contributed by atoms with Crippen molar-refractivity contribution in [2.75, 3.05) is 18.1 Å². The summed E-state index contributed by atoms with van der Waals surface area (Å²) in [5.41, 5.74) is 5.89. The van der Waals surface area contributed by atoms with Crippen LogP contribution in [-0.2, 0) is 14.6 Å². The molecule has 0 aromatic carbocycles. The van der Waals surface area contributed by atoms with Crippen molar-refractivity contribution in [3.8, 4) is 12.3 Å². The first kappa shape index (κ1) is 16.0. The topological polar surface area (TPSA) is 80.5 Å². The molecular weight excluding hydrogens is 264 g/mol. The van der Waals surface area contributed by atoms with E-state index in [1.54, 1.807) is 0 Å². The average molecular weight is 286 g/mol. The van der Waals surface area contributed by atoms with Crippen LogP contribution in [0, 0.1) is 18.3 Å². The molecule has 2 unspecified atom stereocenters. The minimum absolute atomic E-state index is 0.0112. The predicted octanol–water partition coefficient (Wildman–Crippen LogP) is 0.00870. The summed E-state index contributed by atoms with van der Waals surface area (Å²) in [7, 11) is -3.03. The van der Waals surface area contributed by atoms with Crippen LogP contribution in [0.25, 0.3) is 0 Å². The SMILES string of the molecule is C#CCN(C(=O)CC(N)C(C)C)C1CCS(=O)(=O)C1. The lowest BCUT2D eigenvalue weighted by Gasteiger charge is -2.28. The van der Waals surface area contributed by atoms with Crippen LogP contribution in [0.5, 0.6) is 0 Å². The number of rotatable bonds is 5. The number of nitrogens with zero attached hydrogens (tertiary/aromatic N) is 1. The van der Waals surface area contributed by atoms with Crippen LogP contribution >= 0.6 is 0 Å². The summed E-state index contributed by atoms with van der Waals surface area (Å²) in [6.07, 6.45) is 5.94. The lowest BCUT2D eigenvalue weighted by Crippen LogP contribution is -2.44. The second-order valence-electron chi connectivity index (χ2n) is 5.39. The summed E-state index contributed by atoms with van der Waals surface area (Å²) in [4.78, 5) is 13.7. The van der Waals surface area contributed by atoms with Gasteiger partial charge < -0.3 is 10.6 Å². The number of terminal acetylenes is 1. The summed E-state index contributed by atoms with van der Waals surface area (Å²) in [6.45, 7) is 4.04. The second kappa shape index (κ2) is 6.40. The molecule has 0 aromatic rings. The Morgan fingerprint density at radius 1 is 1.53 bits per heavy atom. The van der Waals surface area contributed by atoms with Crippen LogP contribution in [0.4, 0.5) is 0 Å². The number of carbonyl (C=O) groups is 1. The van der Waals surface area contributed by atoms with Crippen LogP contribution in [0.2, 0.25) is 0 Å². The van der Waals surface area contributed by atoms with Gasteiger partial charge in [0, 0.05) is 18.5 Å². The Morgan fingerprint density at radius 3 is 2.58 bits per heavy atom. The molecule has 1 aliphatic rings. The maximum atomic E-state index is 12.2. The van der Waals surface area contributed by atoms with Gasteiger partial charge in [0.2, 0.25) is 5.91 Å². The second-order valence-corrected chi connectivity index (χ2v) is 7.62. The van der Waals surface area contributed by atoms with Crippen molar-refractivity contribution in [3.63, 3.8) is 0 Å². The molecule has 1 saturated heterocycles. The molecule has 19 heavy (non-hydrogen) atoms. The summed E-state index contributed by atoms with van der Waals surface area (Å²) in [6, 6.07) is -0.529. The first-order chi connectivity index (χ1) is 8.76.